The first-order valence-electron chi connectivity index (χ1n) is 6.60. The normalized spacial score (nSPS) is 22.1. The number of hydrogen-bond donors (Lipinski definition) is 0. The summed E-state index contributed by atoms with van der Waals surface area (Å²) >= 11 is 0. The largest absolute Gasteiger partial charge is 0.467 e. The molecule has 0 unspecified atom stereocenters. The van der Waals surface area contributed by atoms with Crippen LogP contribution in [-0.4, -0.2) is 41.5 Å². The van der Waals surface area contributed by atoms with E-state index in [0.29, 0.717) is 24.1 Å². The fraction of sp³-hybridized carbons (Fsp3) is 0.643. The average molecular weight is 281 g/mol. The van der Waals surface area contributed by atoms with Crippen molar-refractivity contribution < 1.29 is 23.9 Å². The predicted octanol–water partition coefficient (Wildman–Crippen LogP) is 1.79. The number of carbonyl (C=O) groups excluding carboxylic acids is 3. The summed E-state index contributed by atoms with van der Waals surface area (Å²) in [6, 6.07) is -0.788. The first-order valence-corrected chi connectivity index (χ1v) is 6.60. The zero-order valence-electron chi connectivity index (χ0n) is 12.2. The van der Waals surface area contributed by atoms with Crippen molar-refractivity contribution in [2.24, 2.45) is 0 Å². The minimum atomic E-state index is -0.788. The molecule has 2 rings (SSSR count). The van der Waals surface area contributed by atoms with E-state index in [1.165, 1.54) is 12.0 Å². The molecule has 0 aromatic carbocycles. The Labute approximate surface area is 117 Å². The molecule has 1 aliphatic heterocycles. The van der Waals surface area contributed by atoms with Gasteiger partial charge in [-0.15, -0.1) is 0 Å². The summed E-state index contributed by atoms with van der Waals surface area (Å²) in [6.07, 6.45) is 0.478. The fourth-order valence-corrected chi connectivity index (χ4v) is 2.54. The number of rotatable bonds is 1. The van der Waals surface area contributed by atoms with E-state index < -0.39 is 23.7 Å². The number of hydrogen-bond acceptors (Lipinski definition) is 5. The maximum atomic E-state index is 12.3. The van der Waals surface area contributed by atoms with Gasteiger partial charge in [-0.3, -0.25) is 9.69 Å². The molecule has 1 aliphatic carbocycles. The second kappa shape index (κ2) is 4.92. The van der Waals surface area contributed by atoms with Crippen LogP contribution < -0.4 is 0 Å². The molecule has 20 heavy (non-hydrogen) atoms. The van der Waals surface area contributed by atoms with Crippen molar-refractivity contribution in [2.75, 3.05) is 7.11 Å². The first kappa shape index (κ1) is 14.6. The summed E-state index contributed by atoms with van der Waals surface area (Å²) in [7, 11) is 1.26. The van der Waals surface area contributed by atoms with Crippen molar-refractivity contribution in [3.8, 4) is 0 Å². The molecule has 0 spiro atoms. The Balaban J connectivity index is 2.29. The minimum Gasteiger partial charge on any atom is -0.467 e. The SMILES string of the molecule is COC(=O)[C@@H]1CC2=C(CCC2=O)N1C(=O)OC(C)(C)C. The van der Waals surface area contributed by atoms with Crippen LogP contribution in [-0.2, 0) is 19.1 Å². The Morgan fingerprint density at radius 2 is 1.90 bits per heavy atom. The third-order valence-corrected chi connectivity index (χ3v) is 3.34. The number of Topliss-reactive ketones (excluding diaryl/α,β-unsaturated/α-hetero) is 1. The lowest BCUT2D eigenvalue weighted by molar-refractivity contribution is -0.145. The zero-order chi connectivity index (χ0) is 15.1. The lowest BCUT2D eigenvalue weighted by Crippen LogP contribution is -2.44. The number of carbonyl (C=O) groups is 3. The zero-order valence-corrected chi connectivity index (χ0v) is 12.2. The molecule has 0 saturated heterocycles. The Morgan fingerprint density at radius 3 is 2.45 bits per heavy atom. The van der Waals surface area contributed by atoms with Gasteiger partial charge in [-0.05, 0) is 27.2 Å². The van der Waals surface area contributed by atoms with Crippen LogP contribution in [0.1, 0.15) is 40.0 Å². The van der Waals surface area contributed by atoms with E-state index in [-0.39, 0.29) is 12.2 Å². The quantitative estimate of drug-likeness (QED) is 0.685. The van der Waals surface area contributed by atoms with Gasteiger partial charge in [0.1, 0.15) is 11.6 Å². The van der Waals surface area contributed by atoms with E-state index >= 15 is 0 Å². The van der Waals surface area contributed by atoms with Crippen molar-refractivity contribution in [2.45, 2.75) is 51.7 Å². The topological polar surface area (TPSA) is 72.9 Å². The summed E-state index contributed by atoms with van der Waals surface area (Å²) in [6.45, 7) is 5.26. The molecular weight excluding hydrogens is 262 g/mol. The third kappa shape index (κ3) is 2.55. The molecule has 0 bridgehead atoms. The van der Waals surface area contributed by atoms with E-state index in [9.17, 15) is 14.4 Å². The van der Waals surface area contributed by atoms with Crippen LogP contribution >= 0.6 is 0 Å². The molecule has 1 atom stereocenters. The molecule has 0 aromatic heterocycles. The molecule has 0 fully saturated rings. The number of likely N-dealkylation sites (tertiary alicyclic amines) is 1. The molecule has 6 nitrogen and oxygen atoms in total. The van der Waals surface area contributed by atoms with Crippen LogP contribution in [0.15, 0.2) is 11.3 Å². The van der Waals surface area contributed by atoms with Gasteiger partial charge in [-0.2, -0.15) is 0 Å². The summed E-state index contributed by atoms with van der Waals surface area (Å²) < 4.78 is 10.0. The van der Waals surface area contributed by atoms with Crippen molar-refractivity contribution in [1.82, 2.24) is 4.90 Å². The number of ketones is 1. The van der Waals surface area contributed by atoms with Gasteiger partial charge < -0.3 is 9.47 Å². The summed E-state index contributed by atoms with van der Waals surface area (Å²) in [5.41, 5.74) is 0.509. The summed E-state index contributed by atoms with van der Waals surface area (Å²) in [5.74, 6) is -0.530. The van der Waals surface area contributed by atoms with Crippen LogP contribution in [0.3, 0.4) is 0 Å². The Morgan fingerprint density at radius 1 is 1.25 bits per heavy atom. The van der Waals surface area contributed by atoms with Gasteiger partial charge in [-0.25, -0.2) is 9.59 Å². The van der Waals surface area contributed by atoms with Gasteiger partial charge in [0.2, 0.25) is 0 Å². The number of nitrogens with zero attached hydrogens (tertiary/aromatic N) is 1. The van der Waals surface area contributed by atoms with E-state index in [1.54, 1.807) is 20.8 Å². The van der Waals surface area contributed by atoms with Crippen molar-refractivity contribution in [3.63, 3.8) is 0 Å². The van der Waals surface area contributed by atoms with E-state index in [0.717, 1.165) is 0 Å². The van der Waals surface area contributed by atoms with Crippen LogP contribution in [0.2, 0.25) is 0 Å². The van der Waals surface area contributed by atoms with Crippen LogP contribution in [0, 0.1) is 0 Å². The molecule has 0 aromatic rings. The maximum Gasteiger partial charge on any atom is 0.415 e. The predicted molar refractivity (Wildman–Crippen MR) is 69.8 cm³/mol. The smallest absolute Gasteiger partial charge is 0.415 e. The van der Waals surface area contributed by atoms with Gasteiger partial charge in [0.25, 0.3) is 0 Å². The summed E-state index contributed by atoms with van der Waals surface area (Å²) in [5, 5.41) is 0. The summed E-state index contributed by atoms with van der Waals surface area (Å²) in [4.78, 5) is 37.2. The van der Waals surface area contributed by atoms with E-state index in [1.807, 2.05) is 0 Å². The Bertz CT molecular complexity index is 500. The molecule has 0 saturated carbocycles. The van der Waals surface area contributed by atoms with Crippen LogP contribution in [0.25, 0.3) is 0 Å². The fourth-order valence-electron chi connectivity index (χ4n) is 2.54. The van der Waals surface area contributed by atoms with Gasteiger partial charge in [0.05, 0.1) is 7.11 Å². The highest BCUT2D eigenvalue weighted by Crippen LogP contribution is 2.39. The molecule has 1 heterocycles. The van der Waals surface area contributed by atoms with Gasteiger partial charge in [0.15, 0.2) is 5.78 Å². The standard InChI is InChI=1S/C14H19NO5/c1-14(2,3)20-13(18)15-9-5-6-11(16)8(9)7-10(15)12(17)19-4/h10H,5-7H2,1-4H3/t10-/m0/s1. The lowest BCUT2D eigenvalue weighted by Gasteiger charge is -2.29. The minimum absolute atomic E-state index is 0.0000354. The Hall–Kier alpha value is -1.85. The van der Waals surface area contributed by atoms with Crippen molar-refractivity contribution >= 4 is 17.8 Å². The van der Waals surface area contributed by atoms with Gasteiger partial charge in [0, 0.05) is 24.1 Å². The molecule has 0 radical (unpaired) electrons. The second-order valence-corrected chi connectivity index (χ2v) is 5.94. The number of ether oxygens (including phenoxy) is 2. The molecule has 2 aliphatic rings. The average Bonchev–Trinajstić information content (AvgIpc) is 2.86. The van der Waals surface area contributed by atoms with Gasteiger partial charge >= 0.3 is 12.1 Å². The number of esters is 1. The highest BCUT2D eigenvalue weighted by Gasteiger charge is 2.46. The highest BCUT2D eigenvalue weighted by atomic mass is 16.6. The first-order chi connectivity index (χ1) is 9.24. The van der Waals surface area contributed by atoms with Crippen molar-refractivity contribution in [1.29, 1.82) is 0 Å². The molecular formula is C14H19NO5. The maximum absolute atomic E-state index is 12.3. The second-order valence-electron chi connectivity index (χ2n) is 5.94. The molecule has 110 valence electrons. The molecule has 6 heteroatoms. The number of methoxy groups -OCH3 is 1. The van der Waals surface area contributed by atoms with Crippen LogP contribution in [0.4, 0.5) is 4.79 Å². The highest BCUT2D eigenvalue weighted by molar-refractivity contribution is 6.02. The van der Waals surface area contributed by atoms with E-state index in [4.69, 9.17) is 9.47 Å². The van der Waals surface area contributed by atoms with Crippen molar-refractivity contribution in [3.05, 3.63) is 11.3 Å². The number of amides is 1. The van der Waals surface area contributed by atoms with E-state index in [2.05, 4.69) is 0 Å². The number of allylic oxidation sites excluding steroid dienone is 1. The molecule has 0 N–H and O–H groups in total. The lowest BCUT2D eigenvalue weighted by atomic mass is 10.1. The molecule has 1 amide bonds. The van der Waals surface area contributed by atoms with Gasteiger partial charge in [-0.1, -0.05) is 0 Å². The monoisotopic (exact) mass is 281 g/mol. The van der Waals surface area contributed by atoms with Crippen LogP contribution in [0.5, 0.6) is 0 Å². The Kier molecular flexibility index (Phi) is 3.58. The third-order valence-electron chi connectivity index (χ3n) is 3.34.